The first-order chi connectivity index (χ1) is 19.2. The number of nitrogens with one attached hydrogen (secondary N) is 1. The van der Waals surface area contributed by atoms with Crippen LogP contribution in [-0.4, -0.2) is 64.4 Å². The molecule has 39 heavy (non-hydrogen) atoms. The fourth-order valence-corrected chi connectivity index (χ4v) is 5.65. The van der Waals surface area contributed by atoms with Crippen molar-refractivity contribution in [3.05, 3.63) is 73.1 Å². The van der Waals surface area contributed by atoms with E-state index in [0.29, 0.717) is 34.3 Å². The summed E-state index contributed by atoms with van der Waals surface area (Å²) in [4.78, 5) is 13.9. The van der Waals surface area contributed by atoms with E-state index in [-0.39, 0.29) is 0 Å². The molecule has 0 spiro atoms. The van der Waals surface area contributed by atoms with Crippen molar-refractivity contribution < 1.29 is 9.47 Å². The number of fused-ring (bicyclic) bond motifs is 3. The summed E-state index contributed by atoms with van der Waals surface area (Å²) in [6.07, 6.45) is 5.93. The summed E-state index contributed by atoms with van der Waals surface area (Å²) in [6, 6.07) is 20.4. The van der Waals surface area contributed by atoms with Gasteiger partial charge in [-0.05, 0) is 43.7 Å². The molecule has 5 aromatic rings. The van der Waals surface area contributed by atoms with Gasteiger partial charge in [-0.3, -0.25) is 9.88 Å². The minimum atomic E-state index is 0.626. The molecule has 0 amide bonds. The Kier molecular flexibility index (Phi) is 6.05. The van der Waals surface area contributed by atoms with Crippen LogP contribution in [0.1, 0.15) is 12.8 Å². The van der Waals surface area contributed by atoms with Crippen molar-refractivity contribution >= 4 is 39.1 Å². The van der Waals surface area contributed by atoms with Gasteiger partial charge in [-0.1, -0.05) is 24.3 Å². The zero-order valence-corrected chi connectivity index (χ0v) is 21.7. The van der Waals surface area contributed by atoms with Crippen LogP contribution in [0.2, 0.25) is 0 Å². The molecule has 3 aromatic heterocycles. The Labute approximate surface area is 226 Å². The molecule has 1 atom stereocenters. The van der Waals surface area contributed by atoms with E-state index in [1.54, 1.807) is 19.5 Å². The zero-order valence-electron chi connectivity index (χ0n) is 21.7. The quantitative estimate of drug-likeness (QED) is 0.317. The summed E-state index contributed by atoms with van der Waals surface area (Å²) in [7, 11) is 1.61. The molecular formula is C30H29N7O2. The van der Waals surface area contributed by atoms with E-state index in [9.17, 15) is 0 Å². The molecule has 9 heteroatoms. The van der Waals surface area contributed by atoms with Gasteiger partial charge in [-0.15, -0.1) is 10.2 Å². The predicted octanol–water partition coefficient (Wildman–Crippen LogP) is 5.40. The Morgan fingerprint density at radius 1 is 0.897 bits per heavy atom. The van der Waals surface area contributed by atoms with E-state index in [2.05, 4.69) is 48.4 Å². The summed E-state index contributed by atoms with van der Waals surface area (Å²) in [5, 5.41) is 15.0. The second-order valence-corrected chi connectivity index (χ2v) is 10.00. The molecule has 1 N–H and O–H groups in total. The largest absolute Gasteiger partial charge is 0.495 e. The smallest absolute Gasteiger partial charge is 0.161 e. The highest BCUT2D eigenvalue weighted by atomic mass is 16.5. The number of piperazine rings is 1. The molecule has 2 aliphatic rings. The Hall–Kier alpha value is -4.50. The molecular weight excluding hydrogens is 490 g/mol. The summed E-state index contributed by atoms with van der Waals surface area (Å²) in [5.41, 5.74) is 2.29. The molecule has 2 aliphatic heterocycles. The van der Waals surface area contributed by atoms with E-state index < -0.39 is 0 Å². The zero-order chi connectivity index (χ0) is 26.2. The third-order valence-electron chi connectivity index (χ3n) is 7.65. The van der Waals surface area contributed by atoms with Crippen LogP contribution >= 0.6 is 0 Å². The molecule has 2 fully saturated rings. The highest BCUT2D eigenvalue weighted by molar-refractivity contribution is 5.99. The maximum absolute atomic E-state index is 6.15. The third-order valence-corrected chi connectivity index (χ3v) is 7.65. The number of benzene rings is 2. The maximum atomic E-state index is 6.15. The van der Waals surface area contributed by atoms with Crippen molar-refractivity contribution in [3.63, 3.8) is 0 Å². The Bertz CT molecular complexity index is 1640. The third kappa shape index (κ3) is 4.55. The summed E-state index contributed by atoms with van der Waals surface area (Å²) in [5.74, 6) is 3.70. The SMILES string of the molecule is COc1cnc2c(Oc3ccc(Nc4nnc(N5CCN6CCCC6C5)c5ccccc45)cc3)ccnc2c1. The number of pyridine rings is 2. The van der Waals surface area contributed by atoms with Gasteiger partial charge in [0.25, 0.3) is 0 Å². The summed E-state index contributed by atoms with van der Waals surface area (Å²) >= 11 is 0. The van der Waals surface area contributed by atoms with E-state index in [1.165, 1.54) is 19.4 Å². The van der Waals surface area contributed by atoms with E-state index in [4.69, 9.17) is 14.6 Å². The Balaban J connectivity index is 1.11. The number of anilines is 3. The van der Waals surface area contributed by atoms with Gasteiger partial charge in [0, 0.05) is 60.5 Å². The minimum absolute atomic E-state index is 0.626. The van der Waals surface area contributed by atoms with Crippen molar-refractivity contribution in [1.82, 2.24) is 25.1 Å². The van der Waals surface area contributed by atoms with Crippen LogP contribution in [0.4, 0.5) is 17.3 Å². The first-order valence-electron chi connectivity index (χ1n) is 13.3. The van der Waals surface area contributed by atoms with Crippen LogP contribution in [0.15, 0.2) is 73.1 Å². The standard InChI is InChI=1S/C30H29N7O2/c1-38-23-17-26-28(32-18-23)27(12-13-31-26)39-22-10-8-20(9-11-22)33-29-24-6-2-3-7-25(24)30(35-34-29)37-16-15-36-14-4-5-21(36)19-37/h2-3,6-13,17-18,21H,4-5,14-16,19H2,1H3,(H,33,34). The molecule has 0 radical (unpaired) electrons. The maximum Gasteiger partial charge on any atom is 0.161 e. The molecule has 196 valence electrons. The molecule has 0 aliphatic carbocycles. The fourth-order valence-electron chi connectivity index (χ4n) is 5.65. The predicted molar refractivity (Wildman–Crippen MR) is 152 cm³/mol. The summed E-state index contributed by atoms with van der Waals surface area (Å²) < 4.78 is 11.4. The first kappa shape index (κ1) is 23.6. The topological polar surface area (TPSA) is 88.5 Å². The number of rotatable bonds is 6. The molecule has 2 saturated heterocycles. The lowest BCUT2D eigenvalue weighted by Gasteiger charge is -2.38. The number of ether oxygens (including phenoxy) is 2. The van der Waals surface area contributed by atoms with Crippen molar-refractivity contribution in [2.24, 2.45) is 0 Å². The molecule has 5 heterocycles. The van der Waals surface area contributed by atoms with Gasteiger partial charge >= 0.3 is 0 Å². The Morgan fingerprint density at radius 3 is 2.64 bits per heavy atom. The Morgan fingerprint density at radius 2 is 1.77 bits per heavy atom. The van der Waals surface area contributed by atoms with E-state index in [0.717, 1.165) is 47.7 Å². The van der Waals surface area contributed by atoms with E-state index >= 15 is 0 Å². The van der Waals surface area contributed by atoms with Crippen molar-refractivity contribution in [2.45, 2.75) is 18.9 Å². The van der Waals surface area contributed by atoms with Crippen LogP contribution in [0.25, 0.3) is 21.8 Å². The van der Waals surface area contributed by atoms with Crippen LogP contribution in [0.3, 0.4) is 0 Å². The normalized spacial score (nSPS) is 17.4. The van der Waals surface area contributed by atoms with Crippen molar-refractivity contribution in [2.75, 3.05) is 43.5 Å². The van der Waals surface area contributed by atoms with Gasteiger partial charge in [-0.2, -0.15) is 0 Å². The van der Waals surface area contributed by atoms with Crippen LogP contribution in [0.5, 0.6) is 17.2 Å². The highest BCUT2D eigenvalue weighted by Crippen LogP contribution is 2.34. The molecule has 2 aromatic carbocycles. The van der Waals surface area contributed by atoms with Gasteiger partial charge in [0.2, 0.25) is 0 Å². The molecule has 0 saturated carbocycles. The molecule has 0 bridgehead atoms. The lowest BCUT2D eigenvalue weighted by Crippen LogP contribution is -2.50. The lowest BCUT2D eigenvalue weighted by atomic mass is 10.1. The average molecular weight is 520 g/mol. The lowest BCUT2D eigenvalue weighted by molar-refractivity contribution is 0.230. The molecule has 1 unspecified atom stereocenters. The fraction of sp³-hybridized carbons (Fsp3) is 0.267. The van der Waals surface area contributed by atoms with Gasteiger partial charge in [0.05, 0.1) is 18.8 Å². The highest BCUT2D eigenvalue weighted by Gasteiger charge is 2.31. The van der Waals surface area contributed by atoms with E-state index in [1.807, 2.05) is 42.5 Å². The van der Waals surface area contributed by atoms with Crippen molar-refractivity contribution in [3.8, 4) is 17.2 Å². The van der Waals surface area contributed by atoms with Gasteiger partial charge < -0.3 is 19.7 Å². The van der Waals surface area contributed by atoms with Crippen LogP contribution in [-0.2, 0) is 0 Å². The summed E-state index contributed by atoms with van der Waals surface area (Å²) in [6.45, 7) is 4.32. The number of hydrogen-bond acceptors (Lipinski definition) is 9. The second kappa shape index (κ2) is 9.99. The van der Waals surface area contributed by atoms with Gasteiger partial charge in [0.1, 0.15) is 17.0 Å². The number of aromatic nitrogens is 4. The number of hydrogen-bond donors (Lipinski definition) is 1. The number of nitrogens with zero attached hydrogens (tertiary/aromatic N) is 6. The molecule has 7 rings (SSSR count). The minimum Gasteiger partial charge on any atom is -0.495 e. The van der Waals surface area contributed by atoms with Crippen LogP contribution in [0, 0.1) is 0 Å². The second-order valence-electron chi connectivity index (χ2n) is 10.00. The van der Waals surface area contributed by atoms with Gasteiger partial charge in [-0.25, -0.2) is 4.98 Å². The van der Waals surface area contributed by atoms with Gasteiger partial charge in [0.15, 0.2) is 17.4 Å². The van der Waals surface area contributed by atoms with Crippen LogP contribution < -0.4 is 19.7 Å². The monoisotopic (exact) mass is 519 g/mol. The first-order valence-corrected chi connectivity index (χ1v) is 13.3. The average Bonchev–Trinajstić information content (AvgIpc) is 3.46. The number of methoxy groups -OCH3 is 1. The molecule has 9 nitrogen and oxygen atoms in total. The van der Waals surface area contributed by atoms with Crippen molar-refractivity contribution in [1.29, 1.82) is 0 Å².